The minimum Gasteiger partial charge on any atom is -0.314 e. The van der Waals surface area contributed by atoms with Crippen molar-refractivity contribution >= 4 is 10.0 Å². The number of sulfonamides is 1. The van der Waals surface area contributed by atoms with Crippen LogP contribution < -0.4 is 32.4 Å². The third-order valence-electron chi connectivity index (χ3n) is 7.07. The molecule has 0 saturated carbocycles. The fourth-order valence-electron chi connectivity index (χ4n) is 5.13. The molecule has 9 nitrogen and oxygen atoms in total. The van der Waals surface area contributed by atoms with Crippen LogP contribution in [-0.2, 0) is 16.2 Å². The molecule has 3 aliphatic heterocycles. The van der Waals surface area contributed by atoms with E-state index in [4.69, 9.17) is 5.14 Å². The molecule has 2 aromatic carbocycles. The molecule has 3 aliphatic rings. The molecule has 3 saturated heterocycles. The zero-order valence-corrected chi connectivity index (χ0v) is 19.6. The van der Waals surface area contributed by atoms with Gasteiger partial charge in [0.05, 0.1) is 5.56 Å². The first-order chi connectivity index (χ1) is 16.6. The Morgan fingerprint density at radius 1 is 0.943 bits per heavy atom. The molecule has 0 spiro atoms. The highest BCUT2D eigenvalue weighted by Crippen LogP contribution is 2.41. The number of halogens is 3. The zero-order chi connectivity index (χ0) is 24.8. The largest absolute Gasteiger partial charge is 0.417 e. The Morgan fingerprint density at radius 2 is 1.57 bits per heavy atom. The molecule has 0 amide bonds. The van der Waals surface area contributed by atoms with Gasteiger partial charge in [-0.1, -0.05) is 30.3 Å². The predicted octanol–water partition coefficient (Wildman–Crippen LogP) is 1.29. The summed E-state index contributed by atoms with van der Waals surface area (Å²) in [5.74, 6) is 0.409. The Labute approximate surface area is 201 Å². The Hall–Kier alpha value is -2.10. The van der Waals surface area contributed by atoms with E-state index in [1.807, 2.05) is 24.3 Å². The molecule has 5 rings (SSSR count). The van der Waals surface area contributed by atoms with E-state index in [9.17, 15) is 21.6 Å². The lowest BCUT2D eigenvalue weighted by Gasteiger charge is -2.42. The maximum atomic E-state index is 13.7. The number of likely N-dealkylation sites (tertiary alicyclic amines) is 1. The summed E-state index contributed by atoms with van der Waals surface area (Å²) in [6, 6.07) is 10.3. The first-order valence-electron chi connectivity index (χ1n) is 11.5. The van der Waals surface area contributed by atoms with Crippen LogP contribution in [0.1, 0.15) is 41.6 Å². The number of primary sulfonamides is 1. The molecule has 2 aromatic rings. The Bertz CT molecular complexity index is 1170. The number of hydrazine groups is 3. The smallest absolute Gasteiger partial charge is 0.314 e. The number of nitrogens with zero attached hydrogens (tertiary/aromatic N) is 1. The number of rotatable bonds is 5. The van der Waals surface area contributed by atoms with Gasteiger partial charge in [-0.05, 0) is 54.6 Å². The van der Waals surface area contributed by atoms with Crippen molar-refractivity contribution in [2.75, 3.05) is 26.2 Å². The van der Waals surface area contributed by atoms with Crippen LogP contribution >= 0.6 is 0 Å². The number of hydrogen-bond donors (Lipinski definition) is 6. The van der Waals surface area contributed by atoms with E-state index in [0.717, 1.165) is 45.1 Å². The van der Waals surface area contributed by atoms with Gasteiger partial charge in [-0.2, -0.15) is 24.2 Å². The second-order valence-corrected chi connectivity index (χ2v) is 10.7. The number of alkyl halides is 3. The highest BCUT2D eigenvalue weighted by molar-refractivity contribution is 7.89. The summed E-state index contributed by atoms with van der Waals surface area (Å²) in [5, 5.41) is 8.61. The molecule has 13 heteroatoms. The SMILES string of the molecule is NS(=O)(=O)c1c(C(F)(F)F)ccc(-c2ccc(C3CCN(C4CNC4)CC3)cc2)c1C1NNNN1. The highest BCUT2D eigenvalue weighted by atomic mass is 32.2. The molecule has 190 valence electrons. The number of piperidine rings is 1. The van der Waals surface area contributed by atoms with Crippen LogP contribution in [0, 0.1) is 0 Å². The number of nitrogens with two attached hydrogens (primary N) is 1. The maximum absolute atomic E-state index is 13.7. The standard InChI is InChI=1S/C22H28F3N7O2S/c23-22(24,25)18-6-5-17(19(20(18)35(26,33)34)21-28-30-31-29-21)15-3-1-13(2-4-15)14-7-9-32(10-8-14)16-11-27-12-16/h1-6,14,16,21,27-31H,7-12H2,(H2,26,33,34). The summed E-state index contributed by atoms with van der Waals surface area (Å²) in [6.45, 7) is 4.17. The van der Waals surface area contributed by atoms with E-state index >= 15 is 0 Å². The minimum atomic E-state index is -4.90. The molecule has 0 bridgehead atoms. The third-order valence-corrected chi connectivity index (χ3v) is 8.08. The number of benzene rings is 2. The van der Waals surface area contributed by atoms with Gasteiger partial charge < -0.3 is 5.32 Å². The second kappa shape index (κ2) is 9.41. The molecule has 0 radical (unpaired) electrons. The molecule has 35 heavy (non-hydrogen) atoms. The van der Waals surface area contributed by atoms with Crippen molar-refractivity contribution in [3.8, 4) is 11.1 Å². The average Bonchev–Trinajstić information content (AvgIpc) is 3.31. The lowest BCUT2D eigenvalue weighted by molar-refractivity contribution is -0.140. The van der Waals surface area contributed by atoms with Crippen molar-refractivity contribution in [2.45, 2.75) is 42.0 Å². The Kier molecular flexibility index (Phi) is 6.61. The highest BCUT2D eigenvalue weighted by Gasteiger charge is 2.40. The second-order valence-electron chi connectivity index (χ2n) is 9.16. The normalized spacial score (nSPS) is 21.4. The minimum absolute atomic E-state index is 0.116. The molecular weight excluding hydrogens is 483 g/mol. The maximum Gasteiger partial charge on any atom is 0.417 e. The number of nitrogens with one attached hydrogen (secondary N) is 5. The summed E-state index contributed by atoms with van der Waals surface area (Å²) in [6.07, 6.45) is -3.79. The van der Waals surface area contributed by atoms with Crippen molar-refractivity contribution < 1.29 is 21.6 Å². The number of hydrogen-bond acceptors (Lipinski definition) is 8. The summed E-state index contributed by atoms with van der Waals surface area (Å²) < 4.78 is 66.0. The molecule has 0 unspecified atom stereocenters. The van der Waals surface area contributed by atoms with Gasteiger partial charge in [0.15, 0.2) is 0 Å². The van der Waals surface area contributed by atoms with Crippen LogP contribution in [0.3, 0.4) is 0 Å². The molecule has 3 heterocycles. The fraction of sp³-hybridized carbons (Fsp3) is 0.455. The molecule has 0 aliphatic carbocycles. The van der Waals surface area contributed by atoms with Gasteiger partial charge in [0.2, 0.25) is 10.0 Å². The molecule has 3 fully saturated rings. The van der Waals surface area contributed by atoms with Crippen LogP contribution in [0.2, 0.25) is 0 Å². The first-order valence-corrected chi connectivity index (χ1v) is 13.0. The summed E-state index contributed by atoms with van der Waals surface area (Å²) in [4.78, 5) is 1.56. The van der Waals surface area contributed by atoms with Gasteiger partial charge in [-0.25, -0.2) is 24.4 Å². The van der Waals surface area contributed by atoms with E-state index in [0.29, 0.717) is 23.1 Å². The molecule has 0 atom stereocenters. The quantitative estimate of drug-likeness (QED) is 0.355. The molecular formula is C22H28F3N7O2S. The van der Waals surface area contributed by atoms with Crippen molar-refractivity contribution in [1.29, 1.82) is 0 Å². The van der Waals surface area contributed by atoms with Crippen molar-refractivity contribution in [3.05, 3.63) is 53.1 Å². The van der Waals surface area contributed by atoms with Crippen LogP contribution in [0.25, 0.3) is 11.1 Å². The van der Waals surface area contributed by atoms with E-state index < -0.39 is 32.8 Å². The van der Waals surface area contributed by atoms with Gasteiger partial charge in [0, 0.05) is 24.7 Å². The van der Waals surface area contributed by atoms with E-state index in [1.54, 1.807) is 0 Å². The predicted molar refractivity (Wildman–Crippen MR) is 124 cm³/mol. The monoisotopic (exact) mass is 511 g/mol. The van der Waals surface area contributed by atoms with Gasteiger partial charge in [0.1, 0.15) is 11.1 Å². The van der Waals surface area contributed by atoms with Crippen LogP contribution in [-0.4, -0.2) is 45.5 Å². The summed E-state index contributed by atoms with van der Waals surface area (Å²) >= 11 is 0. The third kappa shape index (κ3) is 4.95. The van der Waals surface area contributed by atoms with Crippen molar-refractivity contribution in [1.82, 2.24) is 32.1 Å². The zero-order valence-electron chi connectivity index (χ0n) is 18.8. The topological polar surface area (TPSA) is 124 Å². The van der Waals surface area contributed by atoms with E-state index in [1.165, 1.54) is 11.6 Å². The van der Waals surface area contributed by atoms with Crippen LogP contribution in [0.5, 0.6) is 0 Å². The van der Waals surface area contributed by atoms with E-state index in [2.05, 4.69) is 32.1 Å². The fourth-order valence-corrected chi connectivity index (χ4v) is 6.15. The average molecular weight is 512 g/mol. The van der Waals surface area contributed by atoms with Gasteiger partial charge in [-0.3, -0.25) is 4.90 Å². The van der Waals surface area contributed by atoms with E-state index in [-0.39, 0.29) is 5.56 Å². The van der Waals surface area contributed by atoms with Crippen molar-refractivity contribution in [3.63, 3.8) is 0 Å². The van der Waals surface area contributed by atoms with Crippen LogP contribution in [0.4, 0.5) is 13.2 Å². The van der Waals surface area contributed by atoms with Gasteiger partial charge in [-0.15, -0.1) is 0 Å². The van der Waals surface area contributed by atoms with Crippen LogP contribution in [0.15, 0.2) is 41.3 Å². The first kappa shape index (κ1) is 24.6. The van der Waals surface area contributed by atoms with Crippen molar-refractivity contribution in [2.24, 2.45) is 5.14 Å². The summed E-state index contributed by atoms with van der Waals surface area (Å²) in [7, 11) is -4.71. The Balaban J connectivity index is 1.48. The molecule has 0 aromatic heterocycles. The van der Waals surface area contributed by atoms with Gasteiger partial charge in [0.25, 0.3) is 0 Å². The lowest BCUT2D eigenvalue weighted by Crippen LogP contribution is -2.58. The Morgan fingerprint density at radius 3 is 2.09 bits per heavy atom. The van der Waals surface area contributed by atoms with Gasteiger partial charge >= 0.3 is 6.18 Å². The summed E-state index contributed by atoms with van der Waals surface area (Å²) in [5.41, 5.74) is 11.1. The molecule has 7 N–H and O–H groups in total. The lowest BCUT2D eigenvalue weighted by atomic mass is 9.87.